The Hall–Kier alpha value is -1.26. The van der Waals surface area contributed by atoms with Gasteiger partial charge in [0.15, 0.2) is 0 Å². The van der Waals surface area contributed by atoms with E-state index in [1.807, 2.05) is 6.92 Å². The van der Waals surface area contributed by atoms with E-state index < -0.39 is 5.97 Å². The number of nitrogens with one attached hydrogen (secondary N) is 1. The highest BCUT2D eigenvalue weighted by Gasteiger charge is 2.51. The molecule has 2 N–H and O–H groups in total. The highest BCUT2D eigenvalue weighted by atomic mass is 16.4. The molecule has 0 spiro atoms. The number of nitrogens with zero attached hydrogens (tertiary/aromatic N) is 1. The summed E-state index contributed by atoms with van der Waals surface area (Å²) in [7, 11) is 0. The lowest BCUT2D eigenvalue weighted by Crippen LogP contribution is -2.48. The van der Waals surface area contributed by atoms with Crippen LogP contribution in [0.15, 0.2) is 0 Å². The van der Waals surface area contributed by atoms with Crippen LogP contribution in [0.1, 0.15) is 52.9 Å². The molecule has 114 valence electrons. The van der Waals surface area contributed by atoms with Gasteiger partial charge in [0.05, 0.1) is 5.92 Å². The van der Waals surface area contributed by atoms with Crippen LogP contribution in [0.4, 0.5) is 4.79 Å². The third-order valence-electron chi connectivity index (χ3n) is 5.20. The van der Waals surface area contributed by atoms with Crippen LogP contribution in [0.3, 0.4) is 0 Å². The van der Waals surface area contributed by atoms with Crippen molar-refractivity contribution in [3.05, 3.63) is 0 Å². The molecule has 0 radical (unpaired) electrons. The lowest BCUT2D eigenvalue weighted by molar-refractivity contribution is -0.142. The van der Waals surface area contributed by atoms with Crippen molar-refractivity contribution in [2.75, 3.05) is 0 Å². The molecule has 2 rings (SSSR count). The van der Waals surface area contributed by atoms with Crippen molar-refractivity contribution in [1.29, 1.82) is 0 Å². The molecule has 4 atom stereocenters. The number of hydrogen-bond donors (Lipinski definition) is 2. The van der Waals surface area contributed by atoms with E-state index in [0.29, 0.717) is 12.3 Å². The first-order valence-corrected chi connectivity index (χ1v) is 7.81. The number of carbonyl (C=O) groups excluding carboxylic acids is 1. The van der Waals surface area contributed by atoms with Gasteiger partial charge in [0.25, 0.3) is 0 Å². The fourth-order valence-corrected chi connectivity index (χ4v) is 3.95. The molecule has 2 fully saturated rings. The number of fused-ring (bicyclic) bond motifs is 2. The second kappa shape index (κ2) is 6.02. The molecule has 4 unspecified atom stereocenters. The molecular weight excluding hydrogens is 256 g/mol. The molecule has 0 saturated carbocycles. The van der Waals surface area contributed by atoms with E-state index in [4.69, 9.17) is 0 Å². The van der Waals surface area contributed by atoms with Gasteiger partial charge in [-0.3, -0.25) is 4.79 Å². The van der Waals surface area contributed by atoms with Gasteiger partial charge in [-0.25, -0.2) is 4.79 Å². The highest BCUT2D eigenvalue weighted by molar-refractivity contribution is 5.79. The number of carboxylic acids is 1. The SMILES string of the molecule is CCC(CC)C(C)NC(=O)N1C2CCC1C(C(=O)O)C2. The molecular formula is C15H26N2O3. The van der Waals surface area contributed by atoms with Crippen molar-refractivity contribution in [3.63, 3.8) is 0 Å². The molecule has 5 heteroatoms. The number of hydrogen-bond acceptors (Lipinski definition) is 2. The van der Waals surface area contributed by atoms with Gasteiger partial charge in [-0.2, -0.15) is 0 Å². The average Bonchev–Trinajstić information content (AvgIpc) is 2.97. The average molecular weight is 282 g/mol. The molecule has 2 amide bonds. The molecule has 20 heavy (non-hydrogen) atoms. The van der Waals surface area contributed by atoms with E-state index in [1.54, 1.807) is 4.90 Å². The van der Waals surface area contributed by atoms with Gasteiger partial charge in [-0.05, 0) is 32.1 Å². The minimum absolute atomic E-state index is 0.0688. The first-order valence-electron chi connectivity index (χ1n) is 7.81. The first kappa shape index (κ1) is 15.1. The Kier molecular flexibility index (Phi) is 4.55. The monoisotopic (exact) mass is 282 g/mol. The zero-order valence-electron chi connectivity index (χ0n) is 12.6. The van der Waals surface area contributed by atoms with Crippen molar-refractivity contribution in [2.24, 2.45) is 11.8 Å². The molecule has 5 nitrogen and oxygen atoms in total. The van der Waals surface area contributed by atoms with E-state index >= 15 is 0 Å². The fourth-order valence-electron chi connectivity index (χ4n) is 3.95. The van der Waals surface area contributed by atoms with Gasteiger partial charge < -0.3 is 15.3 Å². The number of rotatable bonds is 5. The number of carboxylic acid groups (broad SMARTS) is 1. The number of aliphatic carboxylic acids is 1. The Balaban J connectivity index is 1.98. The summed E-state index contributed by atoms with van der Waals surface area (Å²) in [6.07, 6.45) is 4.48. The highest BCUT2D eigenvalue weighted by Crippen LogP contribution is 2.41. The Morgan fingerprint density at radius 1 is 1.30 bits per heavy atom. The van der Waals surface area contributed by atoms with Crippen LogP contribution in [0.25, 0.3) is 0 Å². The molecule has 2 aliphatic heterocycles. The summed E-state index contributed by atoms with van der Waals surface area (Å²) in [6, 6.07) is 0.0860. The fraction of sp³-hybridized carbons (Fsp3) is 0.867. The number of amides is 2. The number of carbonyl (C=O) groups is 2. The smallest absolute Gasteiger partial charge is 0.318 e. The van der Waals surface area contributed by atoms with Crippen molar-refractivity contribution in [3.8, 4) is 0 Å². The van der Waals surface area contributed by atoms with Crippen molar-refractivity contribution < 1.29 is 14.7 Å². The minimum atomic E-state index is -0.761. The lowest BCUT2D eigenvalue weighted by atomic mass is 9.89. The molecule has 0 aliphatic carbocycles. The van der Waals surface area contributed by atoms with E-state index in [9.17, 15) is 14.7 Å². The van der Waals surface area contributed by atoms with Crippen LogP contribution >= 0.6 is 0 Å². The summed E-state index contributed by atoms with van der Waals surface area (Å²) in [4.78, 5) is 25.5. The summed E-state index contributed by atoms with van der Waals surface area (Å²) >= 11 is 0. The Labute approximate surface area is 120 Å². The minimum Gasteiger partial charge on any atom is -0.481 e. The van der Waals surface area contributed by atoms with Crippen LogP contribution in [0.5, 0.6) is 0 Å². The van der Waals surface area contributed by atoms with Crippen LogP contribution in [0.2, 0.25) is 0 Å². The molecule has 2 saturated heterocycles. The quantitative estimate of drug-likeness (QED) is 0.813. The normalized spacial score (nSPS) is 29.8. The third-order valence-corrected chi connectivity index (χ3v) is 5.20. The maximum atomic E-state index is 12.4. The van der Waals surface area contributed by atoms with E-state index in [0.717, 1.165) is 25.7 Å². The Morgan fingerprint density at radius 3 is 2.45 bits per heavy atom. The second-order valence-corrected chi connectivity index (χ2v) is 6.20. The van der Waals surface area contributed by atoms with Gasteiger partial charge in [-0.1, -0.05) is 26.7 Å². The zero-order chi connectivity index (χ0) is 14.9. The Morgan fingerprint density at radius 2 is 1.95 bits per heavy atom. The van der Waals surface area contributed by atoms with Gasteiger partial charge in [-0.15, -0.1) is 0 Å². The second-order valence-electron chi connectivity index (χ2n) is 6.20. The maximum Gasteiger partial charge on any atom is 0.318 e. The summed E-state index contributed by atoms with van der Waals surface area (Å²) in [5.41, 5.74) is 0. The predicted octanol–water partition coefficient (Wildman–Crippen LogP) is 2.46. The zero-order valence-corrected chi connectivity index (χ0v) is 12.6. The first-order chi connectivity index (χ1) is 9.49. The molecule has 2 heterocycles. The van der Waals surface area contributed by atoms with Crippen molar-refractivity contribution in [1.82, 2.24) is 10.2 Å². The van der Waals surface area contributed by atoms with Gasteiger partial charge in [0.1, 0.15) is 0 Å². The molecule has 0 aromatic heterocycles. The summed E-state index contributed by atoms with van der Waals surface area (Å²) < 4.78 is 0. The molecule has 0 aromatic carbocycles. The van der Waals surface area contributed by atoms with Gasteiger partial charge in [0, 0.05) is 18.1 Å². The third kappa shape index (κ3) is 2.63. The number of urea groups is 1. The van der Waals surface area contributed by atoms with E-state index in [-0.39, 0.29) is 30.1 Å². The Bertz CT molecular complexity index is 381. The maximum absolute atomic E-state index is 12.4. The van der Waals surface area contributed by atoms with Crippen LogP contribution < -0.4 is 5.32 Å². The van der Waals surface area contributed by atoms with E-state index in [2.05, 4.69) is 19.2 Å². The molecule has 0 aromatic rings. The van der Waals surface area contributed by atoms with Crippen LogP contribution in [0, 0.1) is 11.8 Å². The van der Waals surface area contributed by atoms with Gasteiger partial charge >= 0.3 is 12.0 Å². The van der Waals surface area contributed by atoms with Gasteiger partial charge in [0.2, 0.25) is 0 Å². The summed E-state index contributed by atoms with van der Waals surface area (Å²) in [5.74, 6) is -0.652. The van der Waals surface area contributed by atoms with Crippen LogP contribution in [-0.2, 0) is 4.79 Å². The molecule has 2 bridgehead atoms. The largest absolute Gasteiger partial charge is 0.481 e. The summed E-state index contributed by atoms with van der Waals surface area (Å²) in [6.45, 7) is 6.32. The van der Waals surface area contributed by atoms with Crippen molar-refractivity contribution >= 4 is 12.0 Å². The predicted molar refractivity (Wildman–Crippen MR) is 76.5 cm³/mol. The topological polar surface area (TPSA) is 69.6 Å². The summed E-state index contributed by atoms with van der Waals surface area (Å²) in [5, 5.41) is 12.3. The van der Waals surface area contributed by atoms with E-state index in [1.165, 1.54) is 0 Å². The standard InChI is InChI=1S/C15H26N2O3/c1-4-10(5-2)9(3)16-15(20)17-11-6-7-13(17)12(8-11)14(18)19/h9-13H,4-8H2,1-3H3,(H,16,20)(H,18,19). The molecule has 2 aliphatic rings. The van der Waals surface area contributed by atoms with Crippen LogP contribution in [-0.4, -0.2) is 40.1 Å². The lowest BCUT2D eigenvalue weighted by Gasteiger charge is -2.28. The van der Waals surface area contributed by atoms with Crippen molar-refractivity contribution in [2.45, 2.75) is 71.0 Å².